The molecule has 1 aromatic carbocycles. The third kappa shape index (κ3) is 4.24. The summed E-state index contributed by atoms with van der Waals surface area (Å²) in [5.74, 6) is 6.81. The van der Waals surface area contributed by atoms with Crippen LogP contribution in [0.15, 0.2) is 36.5 Å². The molecule has 0 N–H and O–H groups in total. The van der Waals surface area contributed by atoms with Crippen molar-refractivity contribution in [2.75, 3.05) is 5.88 Å². The van der Waals surface area contributed by atoms with Crippen LogP contribution in [0.4, 0.5) is 0 Å². The highest BCUT2D eigenvalue weighted by atomic mass is 35.5. The predicted molar refractivity (Wildman–Crippen MR) is 82.1 cm³/mol. The van der Waals surface area contributed by atoms with Gasteiger partial charge in [0.25, 0.3) is 0 Å². The molecule has 0 saturated carbocycles. The Kier molecular flexibility index (Phi) is 5.21. The number of alkyl halides is 1. The zero-order valence-corrected chi connectivity index (χ0v) is 12.3. The van der Waals surface area contributed by atoms with Gasteiger partial charge in [-0.05, 0) is 42.3 Å². The van der Waals surface area contributed by atoms with Gasteiger partial charge in [-0.25, -0.2) is 4.98 Å². The second-order valence-electron chi connectivity index (χ2n) is 4.38. The van der Waals surface area contributed by atoms with Crippen molar-refractivity contribution in [3.63, 3.8) is 0 Å². The maximum atomic E-state index is 8.83. The van der Waals surface area contributed by atoms with Gasteiger partial charge in [0.2, 0.25) is 0 Å². The highest BCUT2D eigenvalue weighted by Gasteiger charge is 2.03. The lowest BCUT2D eigenvalue weighted by Crippen LogP contribution is -1.99. The van der Waals surface area contributed by atoms with E-state index >= 15 is 0 Å². The molecule has 0 aliphatic rings. The molecular formula is C17H13ClN2O. The van der Waals surface area contributed by atoms with Crippen LogP contribution in [0.2, 0.25) is 0 Å². The lowest BCUT2D eigenvalue weighted by atomic mass is 10.1. The monoisotopic (exact) mass is 296 g/mol. The number of hydrogen-bond donors (Lipinski definition) is 0. The van der Waals surface area contributed by atoms with Gasteiger partial charge in [-0.15, -0.1) is 11.6 Å². The zero-order chi connectivity index (χ0) is 15.1. The Hall–Kier alpha value is -2.49. The minimum atomic E-state index is 0.281. The van der Waals surface area contributed by atoms with E-state index in [1.807, 2.05) is 37.3 Å². The average molecular weight is 297 g/mol. The zero-order valence-electron chi connectivity index (χ0n) is 11.6. The van der Waals surface area contributed by atoms with Crippen LogP contribution in [-0.2, 0) is 6.61 Å². The highest BCUT2D eigenvalue weighted by Crippen LogP contribution is 2.20. The van der Waals surface area contributed by atoms with Gasteiger partial charge < -0.3 is 4.74 Å². The summed E-state index contributed by atoms with van der Waals surface area (Å²) in [7, 11) is 0. The molecule has 0 fully saturated rings. The van der Waals surface area contributed by atoms with Gasteiger partial charge in [0.1, 0.15) is 24.1 Å². The van der Waals surface area contributed by atoms with Crippen molar-refractivity contribution in [1.29, 1.82) is 5.26 Å². The first-order valence-corrected chi connectivity index (χ1v) is 6.89. The molecule has 0 bridgehead atoms. The molecule has 104 valence electrons. The fourth-order valence-corrected chi connectivity index (χ4v) is 1.85. The summed E-state index contributed by atoms with van der Waals surface area (Å²) in [4.78, 5) is 3.93. The van der Waals surface area contributed by atoms with Gasteiger partial charge in [0.05, 0.1) is 11.4 Å². The summed E-state index contributed by atoms with van der Waals surface area (Å²) < 4.78 is 5.79. The first-order chi connectivity index (χ1) is 10.2. The Morgan fingerprint density at radius 2 is 2.14 bits per heavy atom. The number of ether oxygens (including phenoxy) is 1. The second-order valence-corrected chi connectivity index (χ2v) is 4.65. The van der Waals surface area contributed by atoms with E-state index in [0.29, 0.717) is 18.1 Å². The van der Waals surface area contributed by atoms with Gasteiger partial charge in [0.15, 0.2) is 0 Å². The SMILES string of the molecule is Cc1ccc(OCc2ccnc(C#N)c2)c(C#CCCl)c1. The highest BCUT2D eigenvalue weighted by molar-refractivity contribution is 6.19. The van der Waals surface area contributed by atoms with Crippen molar-refractivity contribution in [2.24, 2.45) is 0 Å². The van der Waals surface area contributed by atoms with E-state index in [0.717, 1.165) is 16.7 Å². The van der Waals surface area contributed by atoms with Gasteiger partial charge in [-0.1, -0.05) is 17.9 Å². The molecule has 4 heteroatoms. The predicted octanol–water partition coefficient (Wildman–Crippen LogP) is 3.43. The fourth-order valence-electron chi connectivity index (χ4n) is 1.78. The quantitative estimate of drug-likeness (QED) is 0.644. The van der Waals surface area contributed by atoms with Crippen LogP contribution in [0.25, 0.3) is 0 Å². The van der Waals surface area contributed by atoms with E-state index < -0.39 is 0 Å². The van der Waals surface area contributed by atoms with Crippen LogP contribution < -0.4 is 4.74 Å². The lowest BCUT2D eigenvalue weighted by molar-refractivity contribution is 0.305. The van der Waals surface area contributed by atoms with Gasteiger partial charge >= 0.3 is 0 Å². The van der Waals surface area contributed by atoms with Crippen molar-refractivity contribution in [3.05, 3.63) is 58.9 Å². The number of aromatic nitrogens is 1. The topological polar surface area (TPSA) is 45.9 Å². The molecule has 0 unspecified atom stereocenters. The number of aryl methyl sites for hydroxylation is 1. The maximum Gasteiger partial charge on any atom is 0.140 e. The van der Waals surface area contributed by atoms with Crippen LogP contribution in [0, 0.1) is 30.1 Å². The van der Waals surface area contributed by atoms with Crippen LogP contribution in [0.5, 0.6) is 5.75 Å². The number of nitriles is 1. The molecule has 0 atom stereocenters. The smallest absolute Gasteiger partial charge is 0.140 e. The Morgan fingerprint density at radius 3 is 2.90 bits per heavy atom. The number of hydrogen-bond acceptors (Lipinski definition) is 3. The molecule has 0 radical (unpaired) electrons. The first kappa shape index (κ1) is 14.9. The number of nitrogens with zero attached hydrogens (tertiary/aromatic N) is 2. The molecule has 21 heavy (non-hydrogen) atoms. The molecule has 1 aromatic heterocycles. The van der Waals surface area contributed by atoms with E-state index in [1.54, 1.807) is 12.3 Å². The van der Waals surface area contributed by atoms with E-state index in [2.05, 4.69) is 16.8 Å². The number of pyridine rings is 1. The summed E-state index contributed by atoms with van der Waals surface area (Å²) in [6.45, 7) is 2.35. The molecule has 0 saturated heterocycles. The molecular weight excluding hydrogens is 284 g/mol. The number of benzene rings is 1. The van der Waals surface area contributed by atoms with E-state index in [4.69, 9.17) is 21.6 Å². The van der Waals surface area contributed by atoms with Gasteiger partial charge in [-0.3, -0.25) is 0 Å². The molecule has 2 rings (SSSR count). The van der Waals surface area contributed by atoms with Crippen molar-refractivity contribution in [1.82, 2.24) is 4.98 Å². The average Bonchev–Trinajstić information content (AvgIpc) is 2.52. The molecule has 0 spiro atoms. The van der Waals surface area contributed by atoms with E-state index in [1.165, 1.54) is 0 Å². The summed E-state index contributed by atoms with van der Waals surface area (Å²) >= 11 is 5.60. The summed E-state index contributed by atoms with van der Waals surface area (Å²) in [5.41, 5.74) is 3.18. The molecule has 1 heterocycles. The molecule has 2 aromatic rings. The number of rotatable bonds is 3. The van der Waals surface area contributed by atoms with Crippen LogP contribution in [0.3, 0.4) is 0 Å². The Morgan fingerprint density at radius 1 is 1.29 bits per heavy atom. The summed E-state index contributed by atoms with van der Waals surface area (Å²) in [5, 5.41) is 8.83. The second kappa shape index (κ2) is 7.33. The normalized spacial score (nSPS) is 9.38. The largest absolute Gasteiger partial charge is 0.488 e. The Balaban J connectivity index is 2.18. The van der Waals surface area contributed by atoms with E-state index in [9.17, 15) is 0 Å². The maximum absolute atomic E-state index is 8.83. The van der Waals surface area contributed by atoms with Crippen LogP contribution in [-0.4, -0.2) is 10.9 Å². The standard InChI is InChI=1S/C17H13ClN2O/c1-13-4-5-17(15(9-13)3-2-7-18)21-12-14-6-8-20-16(10-14)11-19/h4-6,8-10H,7,12H2,1H3. The van der Waals surface area contributed by atoms with Crippen LogP contribution in [0.1, 0.15) is 22.4 Å². The van der Waals surface area contributed by atoms with E-state index in [-0.39, 0.29) is 5.88 Å². The molecule has 0 aliphatic heterocycles. The Labute approximate surface area is 129 Å². The molecule has 0 amide bonds. The van der Waals surface area contributed by atoms with Gasteiger partial charge in [0, 0.05) is 6.20 Å². The molecule has 3 nitrogen and oxygen atoms in total. The summed E-state index contributed by atoms with van der Waals surface area (Å²) in [6, 6.07) is 11.3. The third-order valence-electron chi connectivity index (χ3n) is 2.76. The van der Waals surface area contributed by atoms with Crippen molar-refractivity contribution in [3.8, 4) is 23.7 Å². The third-order valence-corrected chi connectivity index (χ3v) is 2.89. The van der Waals surface area contributed by atoms with Crippen molar-refractivity contribution < 1.29 is 4.74 Å². The van der Waals surface area contributed by atoms with Crippen molar-refractivity contribution in [2.45, 2.75) is 13.5 Å². The molecule has 0 aliphatic carbocycles. The minimum absolute atomic E-state index is 0.281. The van der Waals surface area contributed by atoms with Crippen LogP contribution >= 0.6 is 11.6 Å². The first-order valence-electron chi connectivity index (χ1n) is 6.36. The minimum Gasteiger partial charge on any atom is -0.488 e. The van der Waals surface area contributed by atoms with Crippen molar-refractivity contribution >= 4 is 11.6 Å². The lowest BCUT2D eigenvalue weighted by Gasteiger charge is -2.09. The fraction of sp³-hybridized carbons (Fsp3) is 0.176. The summed E-state index contributed by atoms with van der Waals surface area (Å²) in [6.07, 6.45) is 1.60. The number of halogens is 1. The van der Waals surface area contributed by atoms with Gasteiger partial charge in [-0.2, -0.15) is 5.26 Å². The Bertz CT molecular complexity index is 738.